The van der Waals surface area contributed by atoms with Crippen LogP contribution in [0.5, 0.6) is 0 Å². The summed E-state index contributed by atoms with van der Waals surface area (Å²) in [4.78, 5) is 4.32. The van der Waals surface area contributed by atoms with E-state index >= 15 is 0 Å². The first-order valence-electron chi connectivity index (χ1n) is 5.96. The highest BCUT2D eigenvalue weighted by molar-refractivity contribution is 6.35. The Kier molecular flexibility index (Phi) is 3.71. The Hall–Kier alpha value is -1.85. The van der Waals surface area contributed by atoms with E-state index in [0.29, 0.717) is 29.2 Å². The summed E-state index contributed by atoms with van der Waals surface area (Å²) >= 11 is 11.8. The van der Waals surface area contributed by atoms with Crippen LogP contribution in [0.25, 0.3) is 10.9 Å². The SMILES string of the molecule is ClCCc1nnc(Nc2ccc(Cl)c3cccnc23)o1. The molecule has 0 radical (unpaired) electrons. The normalized spacial score (nSPS) is 10.9. The minimum absolute atomic E-state index is 0.305. The molecule has 3 rings (SSSR count). The van der Waals surface area contributed by atoms with Crippen molar-refractivity contribution in [2.24, 2.45) is 0 Å². The van der Waals surface area contributed by atoms with Crippen LogP contribution in [0, 0.1) is 0 Å². The molecule has 5 nitrogen and oxygen atoms in total. The summed E-state index contributed by atoms with van der Waals surface area (Å²) < 4.78 is 5.43. The number of hydrogen-bond donors (Lipinski definition) is 1. The molecule has 0 aliphatic carbocycles. The molecule has 0 aliphatic rings. The van der Waals surface area contributed by atoms with Gasteiger partial charge in [-0.05, 0) is 24.3 Å². The molecular weight excluding hydrogens is 299 g/mol. The van der Waals surface area contributed by atoms with Crippen LogP contribution in [-0.2, 0) is 6.42 Å². The Bertz CT molecular complexity index is 744. The van der Waals surface area contributed by atoms with Crippen LogP contribution in [0.15, 0.2) is 34.9 Å². The molecule has 0 atom stereocenters. The number of anilines is 2. The van der Waals surface area contributed by atoms with Crippen molar-refractivity contribution in [3.05, 3.63) is 41.4 Å². The molecule has 0 amide bonds. The number of aryl methyl sites for hydroxylation is 1. The van der Waals surface area contributed by atoms with Crippen molar-refractivity contribution in [3.8, 4) is 0 Å². The number of rotatable bonds is 4. The van der Waals surface area contributed by atoms with Gasteiger partial charge in [-0.25, -0.2) is 0 Å². The van der Waals surface area contributed by atoms with Crippen LogP contribution in [0.4, 0.5) is 11.7 Å². The Morgan fingerprint density at radius 1 is 1.20 bits per heavy atom. The van der Waals surface area contributed by atoms with Gasteiger partial charge in [-0.3, -0.25) is 4.98 Å². The van der Waals surface area contributed by atoms with Gasteiger partial charge < -0.3 is 9.73 Å². The van der Waals surface area contributed by atoms with Gasteiger partial charge in [0.25, 0.3) is 0 Å². The minimum atomic E-state index is 0.305. The van der Waals surface area contributed by atoms with Crippen molar-refractivity contribution < 1.29 is 4.42 Å². The Labute approximate surface area is 124 Å². The number of aromatic nitrogens is 3. The highest BCUT2D eigenvalue weighted by Gasteiger charge is 2.10. The van der Waals surface area contributed by atoms with Crippen LogP contribution in [0.3, 0.4) is 0 Å². The molecule has 1 N–H and O–H groups in total. The molecule has 2 aromatic heterocycles. The molecule has 20 heavy (non-hydrogen) atoms. The van der Waals surface area contributed by atoms with E-state index in [1.165, 1.54) is 0 Å². The summed E-state index contributed by atoms with van der Waals surface area (Å²) in [5, 5.41) is 12.4. The van der Waals surface area contributed by atoms with Crippen LogP contribution in [0.1, 0.15) is 5.89 Å². The molecule has 7 heteroatoms. The maximum absolute atomic E-state index is 6.14. The smallest absolute Gasteiger partial charge is 0.320 e. The zero-order valence-electron chi connectivity index (χ0n) is 10.3. The van der Waals surface area contributed by atoms with E-state index in [2.05, 4.69) is 20.5 Å². The number of pyridine rings is 1. The second-order valence-electron chi connectivity index (χ2n) is 4.06. The lowest BCUT2D eigenvalue weighted by Crippen LogP contribution is -1.93. The van der Waals surface area contributed by atoms with E-state index in [-0.39, 0.29) is 0 Å². The zero-order valence-corrected chi connectivity index (χ0v) is 11.8. The molecule has 2 heterocycles. The number of halogens is 2. The molecule has 3 aromatic rings. The van der Waals surface area contributed by atoms with Crippen molar-refractivity contribution in [2.75, 3.05) is 11.2 Å². The quantitative estimate of drug-likeness (QED) is 0.743. The van der Waals surface area contributed by atoms with Gasteiger partial charge in [-0.15, -0.1) is 16.7 Å². The van der Waals surface area contributed by atoms with Crippen molar-refractivity contribution in [1.82, 2.24) is 15.2 Å². The number of nitrogens with zero attached hydrogens (tertiary/aromatic N) is 3. The monoisotopic (exact) mass is 308 g/mol. The van der Waals surface area contributed by atoms with Crippen LogP contribution < -0.4 is 5.32 Å². The van der Waals surface area contributed by atoms with E-state index in [4.69, 9.17) is 27.6 Å². The van der Waals surface area contributed by atoms with Gasteiger partial charge in [-0.1, -0.05) is 16.7 Å². The van der Waals surface area contributed by atoms with Crippen molar-refractivity contribution >= 4 is 45.8 Å². The first-order valence-corrected chi connectivity index (χ1v) is 6.88. The molecule has 0 saturated carbocycles. The molecule has 0 fully saturated rings. The molecule has 0 bridgehead atoms. The fourth-order valence-corrected chi connectivity index (χ4v) is 2.22. The predicted molar refractivity (Wildman–Crippen MR) is 78.8 cm³/mol. The van der Waals surface area contributed by atoms with Gasteiger partial charge in [0.2, 0.25) is 5.89 Å². The highest BCUT2D eigenvalue weighted by Crippen LogP contribution is 2.29. The van der Waals surface area contributed by atoms with E-state index in [1.807, 2.05) is 18.2 Å². The summed E-state index contributed by atoms with van der Waals surface area (Å²) in [5.74, 6) is 0.932. The van der Waals surface area contributed by atoms with E-state index in [0.717, 1.165) is 16.6 Å². The molecule has 0 unspecified atom stereocenters. The van der Waals surface area contributed by atoms with Gasteiger partial charge in [-0.2, -0.15) is 0 Å². The van der Waals surface area contributed by atoms with Crippen LogP contribution in [0.2, 0.25) is 5.02 Å². The number of hydrogen-bond acceptors (Lipinski definition) is 5. The lowest BCUT2D eigenvalue weighted by Gasteiger charge is -2.06. The maximum Gasteiger partial charge on any atom is 0.320 e. The second-order valence-corrected chi connectivity index (χ2v) is 4.84. The molecule has 102 valence electrons. The van der Waals surface area contributed by atoms with E-state index in [9.17, 15) is 0 Å². The van der Waals surface area contributed by atoms with E-state index in [1.54, 1.807) is 12.3 Å². The third-order valence-corrected chi connectivity index (χ3v) is 3.25. The zero-order chi connectivity index (χ0) is 13.9. The molecule has 0 aliphatic heterocycles. The molecule has 1 aromatic carbocycles. The largest absolute Gasteiger partial charge is 0.408 e. The summed E-state index contributed by atoms with van der Waals surface area (Å²) in [6.07, 6.45) is 2.24. The Morgan fingerprint density at radius 3 is 2.95 bits per heavy atom. The topological polar surface area (TPSA) is 63.8 Å². The minimum Gasteiger partial charge on any atom is -0.408 e. The first-order chi connectivity index (χ1) is 9.78. The third kappa shape index (κ3) is 2.55. The third-order valence-electron chi connectivity index (χ3n) is 2.73. The van der Waals surface area contributed by atoms with E-state index < -0.39 is 0 Å². The summed E-state index contributed by atoms with van der Waals surface area (Å²) in [7, 11) is 0. The summed E-state index contributed by atoms with van der Waals surface area (Å²) in [6.45, 7) is 0. The Morgan fingerprint density at radius 2 is 2.10 bits per heavy atom. The van der Waals surface area contributed by atoms with Crippen molar-refractivity contribution in [2.45, 2.75) is 6.42 Å². The van der Waals surface area contributed by atoms with Gasteiger partial charge >= 0.3 is 6.01 Å². The van der Waals surface area contributed by atoms with Crippen molar-refractivity contribution in [1.29, 1.82) is 0 Å². The van der Waals surface area contributed by atoms with Gasteiger partial charge in [0.15, 0.2) is 0 Å². The van der Waals surface area contributed by atoms with Crippen LogP contribution >= 0.6 is 23.2 Å². The highest BCUT2D eigenvalue weighted by atomic mass is 35.5. The fourth-order valence-electron chi connectivity index (χ4n) is 1.84. The van der Waals surface area contributed by atoms with Gasteiger partial charge in [0, 0.05) is 23.9 Å². The van der Waals surface area contributed by atoms with Crippen LogP contribution in [-0.4, -0.2) is 21.1 Å². The fraction of sp³-hybridized carbons (Fsp3) is 0.154. The van der Waals surface area contributed by atoms with Crippen molar-refractivity contribution in [3.63, 3.8) is 0 Å². The number of nitrogens with one attached hydrogen (secondary N) is 1. The summed E-state index contributed by atoms with van der Waals surface area (Å²) in [5.41, 5.74) is 1.50. The second kappa shape index (κ2) is 5.64. The average Bonchev–Trinajstić information content (AvgIpc) is 2.90. The Balaban J connectivity index is 1.96. The summed E-state index contributed by atoms with van der Waals surface area (Å²) in [6, 6.07) is 7.67. The first kappa shape index (κ1) is 13.1. The molecule has 0 saturated heterocycles. The lowest BCUT2D eigenvalue weighted by atomic mass is 10.2. The molecular formula is C13H10Cl2N4O. The lowest BCUT2D eigenvalue weighted by molar-refractivity contribution is 0.516. The number of alkyl halides is 1. The standard InChI is InChI=1S/C13H10Cl2N4O/c14-6-5-11-18-19-13(20-11)17-10-4-3-9(15)8-2-1-7-16-12(8)10/h1-4,7H,5-6H2,(H,17,19). The predicted octanol–water partition coefficient (Wildman–Crippen LogP) is 3.80. The average molecular weight is 309 g/mol. The number of benzene rings is 1. The van der Waals surface area contributed by atoms with Gasteiger partial charge in [0.1, 0.15) is 0 Å². The maximum atomic E-state index is 6.14. The molecule has 0 spiro atoms. The van der Waals surface area contributed by atoms with Gasteiger partial charge in [0.05, 0.1) is 16.2 Å². The number of fused-ring (bicyclic) bond motifs is 1.